The normalized spacial score (nSPS) is 11.6. The Morgan fingerprint density at radius 1 is 0.692 bits per heavy atom. The highest BCUT2D eigenvalue weighted by atomic mass is 35.5. The lowest BCUT2D eigenvalue weighted by molar-refractivity contribution is 0.102. The number of aromatic nitrogens is 2. The number of nitrogens with zero attached hydrogens (tertiary/aromatic N) is 2. The van der Waals surface area contributed by atoms with Gasteiger partial charge in [-0.05, 0) is 81.4 Å². The minimum Gasteiger partial charge on any atom is -0.322 e. The maximum absolute atomic E-state index is 12.8. The van der Waals surface area contributed by atoms with E-state index in [-0.39, 0.29) is 32.0 Å². The maximum Gasteiger partial charge on any atom is 0.264 e. The fourth-order valence-electron chi connectivity index (χ4n) is 3.56. The Morgan fingerprint density at radius 3 is 1.77 bits per heavy atom. The minimum atomic E-state index is -3.96. The van der Waals surface area contributed by atoms with Gasteiger partial charge in [0.2, 0.25) is 5.95 Å². The van der Waals surface area contributed by atoms with Gasteiger partial charge < -0.3 is 5.32 Å². The van der Waals surface area contributed by atoms with Crippen LogP contribution in [0.4, 0.5) is 17.3 Å². The van der Waals surface area contributed by atoms with Crippen molar-refractivity contribution in [3.63, 3.8) is 0 Å². The van der Waals surface area contributed by atoms with E-state index in [1.54, 1.807) is 32.0 Å². The lowest BCUT2D eigenvalue weighted by Gasteiger charge is -2.12. The number of carbonyl (C=O) groups is 1. The summed E-state index contributed by atoms with van der Waals surface area (Å²) in [6, 6.07) is 17.7. The van der Waals surface area contributed by atoms with Gasteiger partial charge in [0.15, 0.2) is 0 Å². The molecule has 0 saturated carbocycles. The van der Waals surface area contributed by atoms with E-state index in [0.29, 0.717) is 17.1 Å². The van der Waals surface area contributed by atoms with Crippen LogP contribution in [0, 0.1) is 20.8 Å². The molecule has 0 unspecified atom stereocenters. The smallest absolute Gasteiger partial charge is 0.264 e. The van der Waals surface area contributed by atoms with E-state index >= 15 is 0 Å². The Bertz CT molecular complexity index is 1740. The van der Waals surface area contributed by atoms with Crippen molar-refractivity contribution in [1.29, 1.82) is 0 Å². The summed E-state index contributed by atoms with van der Waals surface area (Å²) in [6.45, 7) is 5.31. The summed E-state index contributed by atoms with van der Waals surface area (Å²) in [5.41, 5.74) is 2.77. The van der Waals surface area contributed by atoms with Gasteiger partial charge in [-0.1, -0.05) is 29.3 Å². The Hall–Kier alpha value is -4.00. The molecule has 0 aliphatic rings. The highest BCUT2D eigenvalue weighted by Gasteiger charge is 2.18. The molecule has 0 aliphatic heterocycles. The fraction of sp³-hybridized carbons (Fsp3) is 0.115. The lowest BCUT2D eigenvalue weighted by Crippen LogP contribution is -2.16. The molecular formula is C26H24ClN5O5S2. The third-order valence-corrected chi connectivity index (χ3v) is 8.48. The Morgan fingerprint density at radius 2 is 1.21 bits per heavy atom. The monoisotopic (exact) mass is 585 g/mol. The van der Waals surface area contributed by atoms with Gasteiger partial charge in [0.25, 0.3) is 26.0 Å². The molecule has 0 atom stereocenters. The van der Waals surface area contributed by atoms with Crippen LogP contribution in [0.25, 0.3) is 0 Å². The first-order chi connectivity index (χ1) is 18.3. The van der Waals surface area contributed by atoms with Gasteiger partial charge in [0.1, 0.15) is 0 Å². The third kappa shape index (κ3) is 6.91. The van der Waals surface area contributed by atoms with Crippen molar-refractivity contribution >= 4 is 54.9 Å². The molecule has 0 bridgehead atoms. The molecule has 4 aromatic rings. The average molecular weight is 586 g/mol. The minimum absolute atomic E-state index is 0.0217. The predicted molar refractivity (Wildman–Crippen MR) is 150 cm³/mol. The second kappa shape index (κ2) is 11.0. The second-order valence-electron chi connectivity index (χ2n) is 8.67. The van der Waals surface area contributed by atoms with Crippen LogP contribution < -0.4 is 14.8 Å². The van der Waals surface area contributed by atoms with E-state index in [1.165, 1.54) is 54.6 Å². The van der Waals surface area contributed by atoms with Crippen LogP contribution in [0.5, 0.6) is 0 Å². The van der Waals surface area contributed by atoms with Crippen molar-refractivity contribution in [2.45, 2.75) is 30.6 Å². The van der Waals surface area contributed by atoms with Crippen molar-refractivity contribution in [2.75, 3.05) is 14.8 Å². The van der Waals surface area contributed by atoms with Crippen LogP contribution in [0.2, 0.25) is 5.02 Å². The highest BCUT2D eigenvalue weighted by Crippen LogP contribution is 2.25. The summed E-state index contributed by atoms with van der Waals surface area (Å²) in [7, 11) is -7.80. The topological polar surface area (TPSA) is 147 Å². The first-order valence-corrected chi connectivity index (χ1v) is 14.8. The van der Waals surface area contributed by atoms with Crippen molar-refractivity contribution in [2.24, 2.45) is 0 Å². The van der Waals surface area contributed by atoms with Crippen LogP contribution in [0.3, 0.4) is 0 Å². The molecule has 3 aromatic carbocycles. The van der Waals surface area contributed by atoms with Crippen LogP contribution in [0.1, 0.15) is 27.3 Å². The summed E-state index contributed by atoms with van der Waals surface area (Å²) in [4.78, 5) is 21.0. The van der Waals surface area contributed by atoms with Crippen LogP contribution in [-0.2, 0) is 20.0 Å². The number of halogens is 1. The van der Waals surface area contributed by atoms with Crippen LogP contribution >= 0.6 is 11.6 Å². The summed E-state index contributed by atoms with van der Waals surface area (Å²) in [5, 5.41) is 2.66. The van der Waals surface area contributed by atoms with Gasteiger partial charge in [0.05, 0.1) is 26.1 Å². The van der Waals surface area contributed by atoms with Crippen molar-refractivity contribution in [1.82, 2.24) is 9.97 Å². The molecule has 0 aliphatic carbocycles. The van der Waals surface area contributed by atoms with Gasteiger partial charge in [-0.3, -0.25) is 9.52 Å². The summed E-state index contributed by atoms with van der Waals surface area (Å²) in [6.07, 6.45) is 0. The molecule has 0 saturated heterocycles. The molecule has 10 nitrogen and oxygen atoms in total. The summed E-state index contributed by atoms with van der Waals surface area (Å²) >= 11 is 6.28. The molecule has 0 spiro atoms. The number of benzene rings is 3. The molecule has 1 amide bonds. The van der Waals surface area contributed by atoms with E-state index < -0.39 is 26.0 Å². The molecule has 39 heavy (non-hydrogen) atoms. The number of carbonyl (C=O) groups excluding carboxylic acids is 1. The molecule has 202 valence electrons. The molecule has 0 radical (unpaired) electrons. The Kier molecular flexibility index (Phi) is 7.91. The summed E-state index contributed by atoms with van der Waals surface area (Å²) < 4.78 is 55.5. The van der Waals surface area contributed by atoms with Crippen LogP contribution in [-0.4, -0.2) is 32.7 Å². The molecule has 0 fully saturated rings. The molecule has 3 N–H and O–H groups in total. The maximum atomic E-state index is 12.8. The van der Waals surface area contributed by atoms with Gasteiger partial charge in [-0.2, -0.15) is 0 Å². The van der Waals surface area contributed by atoms with Gasteiger partial charge in [0, 0.05) is 17.1 Å². The number of anilines is 3. The van der Waals surface area contributed by atoms with E-state index in [9.17, 15) is 21.6 Å². The Balaban J connectivity index is 1.44. The van der Waals surface area contributed by atoms with E-state index in [2.05, 4.69) is 24.7 Å². The van der Waals surface area contributed by atoms with Gasteiger partial charge >= 0.3 is 0 Å². The largest absolute Gasteiger partial charge is 0.322 e. The number of amides is 1. The molecule has 13 heteroatoms. The zero-order valence-electron chi connectivity index (χ0n) is 21.1. The zero-order chi connectivity index (χ0) is 28.4. The van der Waals surface area contributed by atoms with Crippen molar-refractivity contribution in [3.05, 3.63) is 100 Å². The number of rotatable bonds is 8. The number of hydrogen-bond donors (Lipinski definition) is 3. The standard InChI is InChI=1S/C26H24ClN5O5S2/c1-16-4-9-21(10-5-16)38(34,35)31-20-8-13-23(24(27)15-20)25(33)30-19-6-11-22(12-7-19)39(36,37)32-26-28-17(2)14-18(3)29-26/h4-15,31H,1-3H3,(H,30,33)(H,28,29,32). The lowest BCUT2D eigenvalue weighted by atomic mass is 10.2. The first kappa shape index (κ1) is 28.0. The van der Waals surface area contributed by atoms with Crippen LogP contribution in [0.15, 0.2) is 82.6 Å². The highest BCUT2D eigenvalue weighted by molar-refractivity contribution is 7.93. The van der Waals surface area contributed by atoms with E-state index in [4.69, 9.17) is 11.6 Å². The molecular weight excluding hydrogens is 562 g/mol. The quantitative estimate of drug-likeness (QED) is 0.266. The van der Waals surface area contributed by atoms with E-state index in [1.807, 2.05) is 6.92 Å². The SMILES string of the molecule is Cc1ccc(S(=O)(=O)Nc2ccc(C(=O)Nc3ccc(S(=O)(=O)Nc4nc(C)cc(C)n4)cc3)c(Cl)c2)cc1. The van der Waals surface area contributed by atoms with E-state index in [0.717, 1.165) is 5.56 Å². The number of sulfonamides is 2. The molecule has 1 aromatic heterocycles. The predicted octanol–water partition coefficient (Wildman–Crippen LogP) is 4.91. The molecule has 4 rings (SSSR count). The number of hydrogen-bond acceptors (Lipinski definition) is 7. The zero-order valence-corrected chi connectivity index (χ0v) is 23.4. The number of nitrogens with one attached hydrogen (secondary N) is 3. The third-order valence-electron chi connectivity index (χ3n) is 5.43. The molecule has 1 heterocycles. The van der Waals surface area contributed by atoms with Crippen molar-refractivity contribution in [3.8, 4) is 0 Å². The van der Waals surface area contributed by atoms with Gasteiger partial charge in [-0.15, -0.1) is 0 Å². The van der Waals surface area contributed by atoms with Gasteiger partial charge in [-0.25, -0.2) is 31.5 Å². The summed E-state index contributed by atoms with van der Waals surface area (Å²) in [5.74, 6) is -0.602. The fourth-order valence-corrected chi connectivity index (χ4v) is 5.82. The number of aryl methyl sites for hydroxylation is 3. The average Bonchev–Trinajstić information content (AvgIpc) is 2.83. The Labute approximate surface area is 231 Å². The van der Waals surface area contributed by atoms with Crippen molar-refractivity contribution < 1.29 is 21.6 Å². The second-order valence-corrected chi connectivity index (χ2v) is 12.4. The first-order valence-electron chi connectivity index (χ1n) is 11.5.